The van der Waals surface area contributed by atoms with Crippen LogP contribution in [0.25, 0.3) is 0 Å². The number of hydrogen-bond donors (Lipinski definition) is 1. The van der Waals surface area contributed by atoms with Gasteiger partial charge < -0.3 is 15.4 Å². The molecule has 6 heteroatoms. The zero-order chi connectivity index (χ0) is 25.0. The maximum Gasteiger partial charge on any atom is 0.248 e. The molecular formula is C29H33N3O3. The van der Waals surface area contributed by atoms with Crippen LogP contribution in [-0.4, -0.2) is 17.2 Å². The largest absolute Gasteiger partial charge is 0.444 e. The lowest BCUT2D eigenvalue weighted by Crippen LogP contribution is -2.60. The number of benzene rings is 1. The van der Waals surface area contributed by atoms with E-state index in [2.05, 4.69) is 26.0 Å². The first-order valence-corrected chi connectivity index (χ1v) is 12.8. The molecule has 3 heterocycles. The fourth-order valence-corrected chi connectivity index (χ4v) is 7.96. The van der Waals surface area contributed by atoms with Gasteiger partial charge in [0.15, 0.2) is 5.78 Å². The number of Topliss-reactive ketones (excluding diaryl/α,β-unsaturated/α-hetero) is 1. The molecule has 3 aliphatic heterocycles. The molecule has 1 aromatic carbocycles. The topological polar surface area (TPSA) is 96.4 Å². The van der Waals surface area contributed by atoms with Crippen LogP contribution < -0.4 is 10.6 Å². The number of anilines is 1. The van der Waals surface area contributed by atoms with Crippen LogP contribution in [0.5, 0.6) is 0 Å². The third-order valence-electron chi connectivity index (χ3n) is 9.12. The number of rotatable bonds is 0. The maximum atomic E-state index is 15.0. The molecule has 0 radical (unpaired) electrons. The number of carbonyl (C=O) groups excluding carboxylic acids is 2. The van der Waals surface area contributed by atoms with Gasteiger partial charge in [0.05, 0.1) is 11.3 Å². The molecule has 0 bridgehead atoms. The van der Waals surface area contributed by atoms with Gasteiger partial charge in [-0.3, -0.25) is 9.59 Å². The van der Waals surface area contributed by atoms with E-state index in [1.807, 2.05) is 30.9 Å². The molecule has 2 aliphatic carbocycles. The first-order valence-electron chi connectivity index (χ1n) is 12.8. The molecule has 1 fully saturated rings. The van der Waals surface area contributed by atoms with Crippen LogP contribution >= 0.6 is 0 Å². The van der Waals surface area contributed by atoms with Gasteiger partial charge in [-0.1, -0.05) is 65.2 Å². The Kier molecular flexibility index (Phi) is 4.34. The fraction of sp³-hybridized carbons (Fsp3) is 0.552. The molecule has 0 saturated heterocycles. The standard InChI is InChI=1S/C29H33N3O3/c1-26(2)13-20(33)22-21(14-26)35-24(31)19(15-30)29(22)18-10-8-9-17-23(18)32(25(29)34)28(16-27(17,3)4)11-6-5-7-12-28/h8-10H,5-7,11-14,16,31H2,1-4H3/t29-/m0/s1. The molecule has 2 spiro atoms. The summed E-state index contributed by atoms with van der Waals surface area (Å²) in [5, 5.41) is 10.4. The van der Waals surface area contributed by atoms with Crippen molar-refractivity contribution in [3.05, 3.63) is 52.1 Å². The molecular weight excluding hydrogens is 438 g/mol. The molecule has 6 nitrogen and oxygen atoms in total. The zero-order valence-corrected chi connectivity index (χ0v) is 21.1. The lowest BCUT2D eigenvalue weighted by atomic mass is 9.62. The Morgan fingerprint density at radius 3 is 2.40 bits per heavy atom. The highest BCUT2D eigenvalue weighted by atomic mass is 16.5. The van der Waals surface area contributed by atoms with E-state index in [1.165, 1.54) is 0 Å². The van der Waals surface area contributed by atoms with Crippen molar-refractivity contribution in [1.29, 1.82) is 5.26 Å². The average Bonchev–Trinajstić information content (AvgIpc) is 3.01. The molecule has 1 atom stereocenters. The predicted octanol–water partition coefficient (Wildman–Crippen LogP) is 5.02. The van der Waals surface area contributed by atoms with Crippen LogP contribution in [0.2, 0.25) is 0 Å². The molecule has 1 saturated carbocycles. The number of nitrogens with two attached hydrogens (primary N) is 1. The van der Waals surface area contributed by atoms with E-state index < -0.39 is 5.41 Å². The molecule has 2 N–H and O–H groups in total. The van der Waals surface area contributed by atoms with E-state index >= 15 is 0 Å². The van der Waals surface area contributed by atoms with Crippen molar-refractivity contribution in [2.24, 2.45) is 11.1 Å². The number of hydrogen-bond acceptors (Lipinski definition) is 5. The quantitative estimate of drug-likeness (QED) is 0.573. The normalized spacial score (nSPS) is 29.7. The van der Waals surface area contributed by atoms with E-state index in [0.717, 1.165) is 55.3 Å². The summed E-state index contributed by atoms with van der Waals surface area (Å²) in [6.07, 6.45) is 6.81. The van der Waals surface area contributed by atoms with Crippen LogP contribution in [0.3, 0.4) is 0 Å². The molecule has 1 aromatic rings. The highest BCUT2D eigenvalue weighted by Crippen LogP contribution is 2.64. The van der Waals surface area contributed by atoms with E-state index in [1.54, 1.807) is 0 Å². The van der Waals surface area contributed by atoms with Gasteiger partial charge in [-0.05, 0) is 35.7 Å². The summed E-state index contributed by atoms with van der Waals surface area (Å²) < 4.78 is 5.97. The minimum atomic E-state index is -1.53. The molecule has 5 aliphatic rings. The SMILES string of the molecule is CC1(C)CC(=O)C2=C(C1)OC(N)=C(C#N)[C@]21C(=O)N2c3c(cccc31)C(C)(C)CC21CCCCC1. The van der Waals surface area contributed by atoms with Gasteiger partial charge in [0, 0.05) is 23.9 Å². The minimum Gasteiger partial charge on any atom is -0.444 e. The first-order chi connectivity index (χ1) is 16.5. The smallest absolute Gasteiger partial charge is 0.248 e. The summed E-state index contributed by atoms with van der Waals surface area (Å²) in [7, 11) is 0. The van der Waals surface area contributed by atoms with Crippen molar-refractivity contribution < 1.29 is 14.3 Å². The van der Waals surface area contributed by atoms with Crippen molar-refractivity contribution in [3.8, 4) is 6.07 Å². The Hall–Kier alpha value is -3.07. The molecule has 35 heavy (non-hydrogen) atoms. The predicted molar refractivity (Wildman–Crippen MR) is 132 cm³/mol. The molecule has 6 rings (SSSR count). The Morgan fingerprint density at radius 1 is 1.03 bits per heavy atom. The number of ether oxygens (including phenoxy) is 1. The van der Waals surface area contributed by atoms with E-state index in [0.29, 0.717) is 24.2 Å². The third-order valence-corrected chi connectivity index (χ3v) is 9.12. The van der Waals surface area contributed by atoms with Crippen molar-refractivity contribution in [1.82, 2.24) is 0 Å². The highest BCUT2D eigenvalue weighted by Gasteiger charge is 2.67. The summed E-state index contributed by atoms with van der Waals surface area (Å²) in [6, 6.07) is 8.23. The molecule has 0 unspecified atom stereocenters. The Morgan fingerprint density at radius 2 is 1.71 bits per heavy atom. The lowest BCUT2D eigenvalue weighted by molar-refractivity contribution is -0.127. The summed E-state index contributed by atoms with van der Waals surface area (Å²) in [5.41, 5.74) is 7.18. The number of allylic oxidation sites excluding steroid dienone is 1. The second-order valence-corrected chi connectivity index (χ2v) is 12.6. The number of para-hydroxylation sites is 1. The summed E-state index contributed by atoms with van der Waals surface area (Å²) in [6.45, 7) is 8.55. The second-order valence-electron chi connectivity index (χ2n) is 12.6. The van der Waals surface area contributed by atoms with Crippen LogP contribution in [0.15, 0.2) is 41.0 Å². The van der Waals surface area contributed by atoms with Gasteiger partial charge >= 0.3 is 0 Å². The lowest BCUT2D eigenvalue weighted by Gasteiger charge is -2.54. The second kappa shape index (κ2) is 6.78. The minimum absolute atomic E-state index is 0.0560. The highest BCUT2D eigenvalue weighted by molar-refractivity contribution is 6.21. The van der Waals surface area contributed by atoms with Gasteiger partial charge in [-0.15, -0.1) is 0 Å². The van der Waals surface area contributed by atoms with Gasteiger partial charge in [0.25, 0.3) is 0 Å². The van der Waals surface area contributed by atoms with Gasteiger partial charge in [0.2, 0.25) is 11.8 Å². The van der Waals surface area contributed by atoms with E-state index in [-0.39, 0.29) is 39.5 Å². The number of ketones is 1. The Labute approximate surface area is 206 Å². The summed E-state index contributed by atoms with van der Waals surface area (Å²) in [5.74, 6) is 0.0740. The van der Waals surface area contributed by atoms with Crippen LogP contribution in [0, 0.1) is 16.7 Å². The number of amides is 1. The number of nitriles is 1. The number of fused-ring (bicyclic) bond motifs is 3. The third kappa shape index (κ3) is 2.64. The number of carbonyl (C=O) groups is 2. The van der Waals surface area contributed by atoms with Gasteiger partial charge in [0.1, 0.15) is 22.8 Å². The Bertz CT molecular complexity index is 1300. The monoisotopic (exact) mass is 471 g/mol. The first kappa shape index (κ1) is 22.4. The number of nitrogens with zero attached hydrogens (tertiary/aromatic N) is 2. The maximum absolute atomic E-state index is 15.0. The van der Waals surface area contributed by atoms with Crippen molar-refractivity contribution in [2.45, 2.75) is 95.4 Å². The zero-order valence-electron chi connectivity index (χ0n) is 21.1. The van der Waals surface area contributed by atoms with E-state index in [9.17, 15) is 14.9 Å². The van der Waals surface area contributed by atoms with Gasteiger partial charge in [-0.25, -0.2) is 0 Å². The van der Waals surface area contributed by atoms with Crippen LogP contribution in [0.4, 0.5) is 5.69 Å². The van der Waals surface area contributed by atoms with Crippen LogP contribution in [-0.2, 0) is 25.2 Å². The van der Waals surface area contributed by atoms with Gasteiger partial charge in [-0.2, -0.15) is 5.26 Å². The summed E-state index contributed by atoms with van der Waals surface area (Å²) in [4.78, 5) is 30.8. The fourth-order valence-electron chi connectivity index (χ4n) is 7.96. The molecule has 0 aromatic heterocycles. The van der Waals surface area contributed by atoms with Crippen LogP contribution in [0.1, 0.15) is 90.2 Å². The molecule has 182 valence electrons. The van der Waals surface area contributed by atoms with Crippen molar-refractivity contribution in [2.75, 3.05) is 4.90 Å². The molecule has 1 amide bonds. The van der Waals surface area contributed by atoms with Crippen molar-refractivity contribution >= 4 is 17.4 Å². The van der Waals surface area contributed by atoms with E-state index in [4.69, 9.17) is 10.5 Å². The Balaban J connectivity index is 1.72. The summed E-state index contributed by atoms with van der Waals surface area (Å²) >= 11 is 0. The average molecular weight is 472 g/mol. The van der Waals surface area contributed by atoms with Crippen molar-refractivity contribution in [3.63, 3.8) is 0 Å².